The molecule has 1 saturated carbocycles. The van der Waals surface area contributed by atoms with Crippen molar-refractivity contribution in [2.45, 2.75) is 64.6 Å². The normalized spacial score (nSPS) is 24.7. The van der Waals surface area contributed by atoms with Crippen LogP contribution in [0.15, 0.2) is 18.2 Å². The lowest BCUT2D eigenvalue weighted by Crippen LogP contribution is -2.60. The van der Waals surface area contributed by atoms with E-state index in [9.17, 15) is 19.5 Å². The van der Waals surface area contributed by atoms with Gasteiger partial charge in [-0.1, -0.05) is 31.5 Å². The maximum Gasteiger partial charge on any atom is 0.251 e. The van der Waals surface area contributed by atoms with Gasteiger partial charge in [0.2, 0.25) is 11.8 Å². The number of halogens is 1. The van der Waals surface area contributed by atoms with Crippen LogP contribution >= 0.6 is 11.6 Å². The monoisotopic (exact) mass is 557 g/mol. The number of carbonyl (C=O) groups excluding carboxylic acids is 3. The number of nitriles is 1. The van der Waals surface area contributed by atoms with Gasteiger partial charge in [0, 0.05) is 32.7 Å². The molecule has 0 bridgehead atoms. The van der Waals surface area contributed by atoms with Gasteiger partial charge in [0.25, 0.3) is 5.91 Å². The van der Waals surface area contributed by atoms with Crippen LogP contribution in [0.5, 0.6) is 0 Å². The number of carbonyl (C=O) groups is 3. The van der Waals surface area contributed by atoms with Gasteiger partial charge in [-0.25, -0.2) is 0 Å². The van der Waals surface area contributed by atoms with Gasteiger partial charge in [0.05, 0.1) is 23.2 Å². The largest absolute Gasteiger partial charge is 0.383 e. The summed E-state index contributed by atoms with van der Waals surface area (Å²) in [7, 11) is 1.70. The first kappa shape index (κ1) is 29.3. The van der Waals surface area contributed by atoms with E-state index in [1.165, 1.54) is 0 Å². The molecule has 3 unspecified atom stereocenters. The number of piperidine rings is 1. The van der Waals surface area contributed by atoms with Crippen molar-refractivity contribution < 1.29 is 19.5 Å². The highest BCUT2D eigenvalue weighted by atomic mass is 35.5. The molecule has 2 N–H and O–H groups in total. The number of amides is 3. The van der Waals surface area contributed by atoms with E-state index in [-0.39, 0.29) is 42.1 Å². The van der Waals surface area contributed by atoms with E-state index >= 15 is 0 Å². The van der Waals surface area contributed by atoms with E-state index in [1.54, 1.807) is 39.9 Å². The second kappa shape index (κ2) is 12.7. The molecule has 0 spiro atoms. The number of fused-ring (bicyclic) bond motifs is 1. The molecule has 2 heterocycles. The van der Waals surface area contributed by atoms with Gasteiger partial charge in [-0.3, -0.25) is 19.7 Å². The Kier molecular flexibility index (Phi) is 9.52. The summed E-state index contributed by atoms with van der Waals surface area (Å²) < 4.78 is 0. The Balaban J connectivity index is 1.29. The van der Waals surface area contributed by atoms with Gasteiger partial charge < -0.3 is 19.8 Å². The third-order valence-corrected chi connectivity index (χ3v) is 9.10. The molecule has 2 aliphatic heterocycles. The number of hydrogen-bond acceptors (Lipinski definition) is 6. The summed E-state index contributed by atoms with van der Waals surface area (Å²) in [6, 6.07) is 7.28. The van der Waals surface area contributed by atoms with E-state index in [4.69, 9.17) is 16.9 Å². The number of likely N-dealkylation sites (N-methyl/N-ethyl adjacent to an activating group) is 1. The van der Waals surface area contributed by atoms with E-state index in [0.717, 1.165) is 37.7 Å². The van der Waals surface area contributed by atoms with Gasteiger partial charge in [-0.15, -0.1) is 0 Å². The summed E-state index contributed by atoms with van der Waals surface area (Å²) in [6.45, 7) is 5.73. The molecular formula is C29H40ClN5O4. The number of benzene rings is 1. The number of rotatable bonds is 7. The topological polar surface area (TPSA) is 117 Å². The molecular weight excluding hydrogens is 518 g/mol. The highest BCUT2D eigenvalue weighted by Gasteiger charge is 2.43. The summed E-state index contributed by atoms with van der Waals surface area (Å²) in [5.41, 5.74) is 1.21. The van der Waals surface area contributed by atoms with Crippen molar-refractivity contribution in [1.29, 1.82) is 5.26 Å². The molecule has 3 amide bonds. The fourth-order valence-corrected chi connectivity index (χ4v) is 6.52. The molecule has 0 aromatic heterocycles. The molecule has 39 heavy (non-hydrogen) atoms. The van der Waals surface area contributed by atoms with Gasteiger partial charge in [0.15, 0.2) is 0 Å². The molecule has 4 rings (SSSR count). The predicted octanol–water partition coefficient (Wildman–Crippen LogP) is 2.60. The SMILES string of the molecule is CC(C)[C@@H](O)C(=O)N1CCC(C2CCC3NCN(CC(=O)N(C)Cc4ccc(C#N)c(Cl)c4)C(=O)C3C2)CC1. The van der Waals surface area contributed by atoms with E-state index in [2.05, 4.69) is 5.32 Å². The molecule has 3 aliphatic rings. The van der Waals surface area contributed by atoms with Crippen molar-refractivity contribution >= 4 is 29.3 Å². The Morgan fingerprint density at radius 3 is 2.56 bits per heavy atom. The lowest BCUT2D eigenvalue weighted by molar-refractivity contribution is -0.149. The Hall–Kier alpha value is -2.67. The Labute approximate surface area is 236 Å². The Bertz CT molecular complexity index is 1110. The van der Waals surface area contributed by atoms with E-state index in [0.29, 0.717) is 48.7 Å². The molecule has 0 radical (unpaired) electrons. The van der Waals surface area contributed by atoms with Crippen molar-refractivity contribution in [3.05, 3.63) is 34.3 Å². The minimum absolute atomic E-state index is 0.0128. The lowest BCUT2D eigenvalue weighted by atomic mass is 9.69. The van der Waals surface area contributed by atoms with Crippen molar-refractivity contribution in [3.63, 3.8) is 0 Å². The Morgan fingerprint density at radius 2 is 1.92 bits per heavy atom. The number of aliphatic hydroxyl groups is 1. The fourth-order valence-electron chi connectivity index (χ4n) is 6.28. The summed E-state index contributed by atoms with van der Waals surface area (Å²) >= 11 is 6.13. The second-order valence-corrected chi connectivity index (χ2v) is 12.1. The summed E-state index contributed by atoms with van der Waals surface area (Å²) in [4.78, 5) is 44.0. The van der Waals surface area contributed by atoms with Gasteiger partial charge >= 0.3 is 0 Å². The minimum Gasteiger partial charge on any atom is -0.383 e. The first-order chi connectivity index (χ1) is 18.6. The smallest absolute Gasteiger partial charge is 0.251 e. The van der Waals surface area contributed by atoms with Gasteiger partial charge in [-0.05, 0) is 67.6 Å². The average Bonchev–Trinajstić information content (AvgIpc) is 2.93. The number of nitrogens with zero attached hydrogens (tertiary/aromatic N) is 4. The first-order valence-electron chi connectivity index (χ1n) is 14.0. The highest BCUT2D eigenvalue weighted by molar-refractivity contribution is 6.31. The lowest BCUT2D eigenvalue weighted by Gasteiger charge is -2.46. The summed E-state index contributed by atoms with van der Waals surface area (Å²) in [6.07, 6.45) is 3.64. The van der Waals surface area contributed by atoms with Gasteiger partial charge in [-0.2, -0.15) is 5.26 Å². The molecule has 4 atom stereocenters. The van der Waals surface area contributed by atoms with Gasteiger partial charge in [0.1, 0.15) is 18.7 Å². The summed E-state index contributed by atoms with van der Waals surface area (Å²) in [5.74, 6) is 0.350. The number of aliphatic hydroxyl groups excluding tert-OH is 1. The number of likely N-dealkylation sites (tertiary alicyclic amines) is 1. The maximum absolute atomic E-state index is 13.5. The van der Waals surface area contributed by atoms with Crippen molar-refractivity contribution in [2.75, 3.05) is 33.4 Å². The zero-order chi connectivity index (χ0) is 28.3. The maximum atomic E-state index is 13.5. The van der Waals surface area contributed by atoms with Crippen LogP contribution in [0.4, 0.5) is 0 Å². The van der Waals surface area contributed by atoms with Crippen LogP contribution in [-0.4, -0.2) is 83.0 Å². The van der Waals surface area contributed by atoms with Crippen LogP contribution in [0.1, 0.15) is 57.1 Å². The molecule has 3 fully saturated rings. The Morgan fingerprint density at radius 1 is 1.21 bits per heavy atom. The number of nitrogens with one attached hydrogen (secondary N) is 1. The predicted molar refractivity (Wildman–Crippen MR) is 147 cm³/mol. The molecule has 1 aromatic rings. The first-order valence-corrected chi connectivity index (χ1v) is 14.4. The van der Waals surface area contributed by atoms with E-state index < -0.39 is 6.10 Å². The van der Waals surface area contributed by atoms with Crippen LogP contribution in [0, 0.1) is 35.0 Å². The third-order valence-electron chi connectivity index (χ3n) is 8.79. The van der Waals surface area contributed by atoms with Crippen LogP contribution in [0.3, 0.4) is 0 Å². The standard InChI is InChI=1S/C29H40ClN5O4/c1-18(2)27(37)29(39)34-10-8-20(9-11-34)21-6-7-25-23(13-21)28(38)35(17-32-25)16-26(36)33(3)15-19-4-5-22(14-31)24(30)12-19/h4-5,12,18,20-21,23,25,27,32,37H,6-11,13,15-17H2,1-3H3/t21?,23?,25?,27-/m1/s1. The van der Waals surface area contributed by atoms with Crippen LogP contribution < -0.4 is 5.32 Å². The molecule has 9 nitrogen and oxygen atoms in total. The minimum atomic E-state index is -0.947. The third kappa shape index (κ3) is 6.74. The molecule has 2 saturated heterocycles. The quantitative estimate of drug-likeness (QED) is 0.532. The highest BCUT2D eigenvalue weighted by Crippen LogP contribution is 2.40. The van der Waals surface area contributed by atoms with Crippen molar-refractivity contribution in [2.24, 2.45) is 23.7 Å². The van der Waals surface area contributed by atoms with Crippen LogP contribution in [0.2, 0.25) is 5.02 Å². The van der Waals surface area contributed by atoms with Crippen molar-refractivity contribution in [3.8, 4) is 6.07 Å². The zero-order valence-corrected chi connectivity index (χ0v) is 23.9. The average molecular weight is 558 g/mol. The summed E-state index contributed by atoms with van der Waals surface area (Å²) in [5, 5.41) is 23.1. The van der Waals surface area contributed by atoms with E-state index in [1.807, 2.05) is 19.9 Å². The molecule has 1 aromatic carbocycles. The zero-order valence-electron chi connectivity index (χ0n) is 23.1. The fraction of sp³-hybridized carbons (Fsp3) is 0.655. The molecule has 212 valence electrons. The van der Waals surface area contributed by atoms with Crippen LogP contribution in [-0.2, 0) is 20.9 Å². The second-order valence-electron chi connectivity index (χ2n) is 11.7. The molecule has 10 heteroatoms. The van der Waals surface area contributed by atoms with Crippen molar-refractivity contribution in [1.82, 2.24) is 20.0 Å². The van der Waals surface area contributed by atoms with Crippen LogP contribution in [0.25, 0.3) is 0 Å². The number of hydrogen-bond donors (Lipinski definition) is 2. The molecule has 1 aliphatic carbocycles.